The van der Waals surface area contributed by atoms with E-state index in [1.807, 2.05) is 6.07 Å². The van der Waals surface area contributed by atoms with E-state index in [4.69, 9.17) is 15.7 Å². The largest absolute Gasteiger partial charge is 0.466 e. The van der Waals surface area contributed by atoms with Crippen molar-refractivity contribution in [3.05, 3.63) is 28.8 Å². The van der Waals surface area contributed by atoms with Crippen LogP contribution in [-0.2, 0) is 22.5 Å². The highest BCUT2D eigenvalue weighted by molar-refractivity contribution is 7.80. The first-order valence-electron chi connectivity index (χ1n) is 5.23. The second-order valence-electron chi connectivity index (χ2n) is 3.40. The van der Waals surface area contributed by atoms with Gasteiger partial charge in [0.25, 0.3) is 0 Å². The lowest BCUT2D eigenvalue weighted by atomic mass is 10.0. The zero-order valence-electron chi connectivity index (χ0n) is 9.56. The molecule has 0 fully saturated rings. The summed E-state index contributed by atoms with van der Waals surface area (Å²) >= 11 is 4.32. The van der Waals surface area contributed by atoms with Crippen molar-refractivity contribution in [3.8, 4) is 6.07 Å². The molecular weight excluding hydrogens is 236 g/mol. The predicted octanol–water partition coefficient (Wildman–Crippen LogP) is 1.41. The van der Waals surface area contributed by atoms with Gasteiger partial charge in [0.2, 0.25) is 0 Å². The van der Waals surface area contributed by atoms with Gasteiger partial charge in [0.05, 0.1) is 24.7 Å². The van der Waals surface area contributed by atoms with Crippen LogP contribution in [0.4, 0.5) is 0 Å². The van der Waals surface area contributed by atoms with Crippen molar-refractivity contribution in [2.24, 2.45) is 5.73 Å². The van der Waals surface area contributed by atoms with E-state index in [-0.39, 0.29) is 12.4 Å². The molecule has 0 aromatic heterocycles. The van der Waals surface area contributed by atoms with Crippen LogP contribution < -0.4 is 5.73 Å². The molecule has 4 nitrogen and oxygen atoms in total. The van der Waals surface area contributed by atoms with Crippen molar-refractivity contribution in [3.63, 3.8) is 0 Å². The number of rotatable bonds is 4. The topological polar surface area (TPSA) is 76.1 Å². The molecule has 0 bridgehead atoms. The minimum atomic E-state index is -0.367. The van der Waals surface area contributed by atoms with Crippen LogP contribution in [0.3, 0.4) is 0 Å². The summed E-state index contributed by atoms with van der Waals surface area (Å²) in [7, 11) is 0. The molecule has 1 rings (SSSR count). The van der Waals surface area contributed by atoms with Gasteiger partial charge in [-0.1, -0.05) is 6.07 Å². The lowest BCUT2D eigenvalue weighted by Crippen LogP contribution is -2.11. The van der Waals surface area contributed by atoms with Gasteiger partial charge in [-0.2, -0.15) is 5.26 Å². The normalized spacial score (nSPS) is 9.76. The zero-order chi connectivity index (χ0) is 12.8. The van der Waals surface area contributed by atoms with E-state index in [0.29, 0.717) is 29.2 Å². The summed E-state index contributed by atoms with van der Waals surface area (Å²) in [6.07, 6.45) is 0.0450. The minimum absolute atomic E-state index is 0.0450. The fourth-order valence-corrected chi connectivity index (χ4v) is 1.85. The van der Waals surface area contributed by atoms with Crippen molar-refractivity contribution in [1.82, 2.24) is 0 Å². The maximum absolute atomic E-state index is 11.4. The molecule has 0 aliphatic rings. The fraction of sp³-hybridized carbons (Fsp3) is 0.333. The van der Waals surface area contributed by atoms with Crippen molar-refractivity contribution < 1.29 is 9.53 Å². The molecule has 1 aromatic rings. The van der Waals surface area contributed by atoms with Crippen LogP contribution in [0, 0.1) is 11.3 Å². The number of carbonyl (C=O) groups excluding carboxylic acids is 1. The van der Waals surface area contributed by atoms with Crippen LogP contribution in [0.1, 0.15) is 23.6 Å². The standard InChI is InChI=1S/C12H14N2O2S/c1-2-16-11(15)5-10-8(6-13)3-4-9(7-14)12(10)17/h3-4,17H,2,5,7,14H2,1H3. The Balaban J connectivity index is 3.11. The number of hydrogen-bond acceptors (Lipinski definition) is 5. The van der Waals surface area contributed by atoms with Crippen LogP contribution in [0.5, 0.6) is 0 Å². The molecule has 0 atom stereocenters. The van der Waals surface area contributed by atoms with Crippen LogP contribution in [0.15, 0.2) is 17.0 Å². The van der Waals surface area contributed by atoms with Gasteiger partial charge in [-0.15, -0.1) is 12.6 Å². The molecule has 5 heteroatoms. The van der Waals surface area contributed by atoms with E-state index in [0.717, 1.165) is 5.56 Å². The number of thiol groups is 1. The van der Waals surface area contributed by atoms with E-state index in [1.54, 1.807) is 19.1 Å². The first kappa shape index (κ1) is 13.6. The van der Waals surface area contributed by atoms with Crippen LogP contribution in [0.25, 0.3) is 0 Å². The second-order valence-corrected chi connectivity index (χ2v) is 3.84. The fourth-order valence-electron chi connectivity index (χ4n) is 1.49. The molecule has 0 unspecified atom stereocenters. The van der Waals surface area contributed by atoms with Crippen molar-refractivity contribution in [1.29, 1.82) is 5.26 Å². The number of hydrogen-bond donors (Lipinski definition) is 2. The molecule has 0 heterocycles. The molecule has 90 valence electrons. The van der Waals surface area contributed by atoms with Crippen LogP contribution >= 0.6 is 12.6 Å². The Morgan fingerprint density at radius 1 is 1.59 bits per heavy atom. The summed E-state index contributed by atoms with van der Waals surface area (Å²) in [5, 5.41) is 8.98. The van der Waals surface area contributed by atoms with E-state index < -0.39 is 0 Å². The summed E-state index contributed by atoms with van der Waals surface area (Å²) in [5.74, 6) is -0.367. The number of benzene rings is 1. The number of nitrogens with two attached hydrogens (primary N) is 1. The highest BCUT2D eigenvalue weighted by Gasteiger charge is 2.14. The third kappa shape index (κ3) is 3.22. The van der Waals surface area contributed by atoms with E-state index in [2.05, 4.69) is 12.6 Å². The maximum atomic E-state index is 11.4. The summed E-state index contributed by atoms with van der Waals surface area (Å²) in [4.78, 5) is 12.0. The molecule has 0 radical (unpaired) electrons. The van der Waals surface area contributed by atoms with Crippen molar-refractivity contribution >= 4 is 18.6 Å². The third-order valence-corrected chi connectivity index (χ3v) is 2.89. The average molecular weight is 250 g/mol. The molecule has 0 saturated carbocycles. The lowest BCUT2D eigenvalue weighted by molar-refractivity contribution is -0.142. The Morgan fingerprint density at radius 2 is 2.29 bits per heavy atom. The third-order valence-electron chi connectivity index (χ3n) is 2.33. The Bertz CT molecular complexity index is 466. The molecule has 0 saturated heterocycles. The Hall–Kier alpha value is -1.51. The minimum Gasteiger partial charge on any atom is -0.466 e. The second kappa shape index (κ2) is 6.28. The first-order valence-corrected chi connectivity index (χ1v) is 5.68. The number of nitrogens with zero attached hydrogens (tertiary/aromatic N) is 1. The molecule has 2 N–H and O–H groups in total. The predicted molar refractivity (Wildman–Crippen MR) is 66.6 cm³/mol. The Morgan fingerprint density at radius 3 is 2.82 bits per heavy atom. The van der Waals surface area contributed by atoms with E-state index >= 15 is 0 Å². The molecule has 17 heavy (non-hydrogen) atoms. The molecular formula is C12H14N2O2S. The highest BCUT2D eigenvalue weighted by atomic mass is 32.1. The van der Waals surface area contributed by atoms with Gasteiger partial charge in [-0.05, 0) is 24.1 Å². The van der Waals surface area contributed by atoms with E-state index in [9.17, 15) is 4.79 Å². The van der Waals surface area contributed by atoms with Gasteiger partial charge in [0, 0.05) is 11.4 Å². The zero-order valence-corrected chi connectivity index (χ0v) is 10.5. The number of carbonyl (C=O) groups is 1. The Kier molecular flexibility index (Phi) is 5.01. The molecule has 0 aliphatic heterocycles. The van der Waals surface area contributed by atoms with Crippen molar-refractivity contribution in [2.45, 2.75) is 24.8 Å². The molecule has 0 spiro atoms. The quantitative estimate of drug-likeness (QED) is 0.626. The van der Waals surface area contributed by atoms with Gasteiger partial charge in [0.1, 0.15) is 0 Å². The monoisotopic (exact) mass is 250 g/mol. The molecule has 0 aliphatic carbocycles. The molecule has 1 aromatic carbocycles. The van der Waals surface area contributed by atoms with E-state index in [1.165, 1.54) is 0 Å². The van der Waals surface area contributed by atoms with Crippen molar-refractivity contribution in [2.75, 3.05) is 6.61 Å². The maximum Gasteiger partial charge on any atom is 0.310 e. The average Bonchev–Trinajstić information content (AvgIpc) is 2.32. The first-order chi connectivity index (χ1) is 8.13. The number of nitriles is 1. The summed E-state index contributed by atoms with van der Waals surface area (Å²) in [5.41, 5.74) is 7.38. The van der Waals surface area contributed by atoms with Gasteiger partial charge in [-0.3, -0.25) is 4.79 Å². The highest BCUT2D eigenvalue weighted by Crippen LogP contribution is 2.23. The number of esters is 1. The summed E-state index contributed by atoms with van der Waals surface area (Å²) < 4.78 is 4.86. The lowest BCUT2D eigenvalue weighted by Gasteiger charge is -2.10. The summed E-state index contributed by atoms with van der Waals surface area (Å²) in [6.45, 7) is 2.38. The smallest absolute Gasteiger partial charge is 0.310 e. The van der Waals surface area contributed by atoms with Gasteiger partial charge < -0.3 is 10.5 Å². The number of ether oxygens (including phenoxy) is 1. The Labute approximate surface area is 106 Å². The van der Waals surface area contributed by atoms with Gasteiger partial charge >= 0.3 is 5.97 Å². The van der Waals surface area contributed by atoms with Gasteiger partial charge in [0.15, 0.2) is 0 Å². The van der Waals surface area contributed by atoms with Gasteiger partial charge in [-0.25, -0.2) is 0 Å². The summed E-state index contributed by atoms with van der Waals surface area (Å²) in [6, 6.07) is 5.43. The SMILES string of the molecule is CCOC(=O)Cc1c(C#N)ccc(CN)c1S. The molecule has 0 amide bonds. The van der Waals surface area contributed by atoms with Crippen LogP contribution in [0.2, 0.25) is 0 Å². The van der Waals surface area contributed by atoms with Crippen LogP contribution in [-0.4, -0.2) is 12.6 Å².